The normalized spacial score (nSPS) is 12.3. The van der Waals surface area contributed by atoms with Crippen LogP contribution in [0.3, 0.4) is 0 Å². The number of terminal acetylenes is 1. The Labute approximate surface area is 122 Å². The molecule has 0 aromatic heterocycles. The number of ether oxygens (including phenoxy) is 1. The quantitative estimate of drug-likeness (QED) is 0.659. The van der Waals surface area contributed by atoms with Gasteiger partial charge in [-0.05, 0) is 37.6 Å². The van der Waals surface area contributed by atoms with Crippen LogP contribution in [0.5, 0.6) is 5.75 Å². The van der Waals surface area contributed by atoms with E-state index in [0.29, 0.717) is 11.3 Å². The summed E-state index contributed by atoms with van der Waals surface area (Å²) in [7, 11) is 1.49. The van der Waals surface area contributed by atoms with Gasteiger partial charge in [0.2, 0.25) is 0 Å². The molecular formula is C13H14ClNO4S. The number of rotatable bonds is 5. The number of hydrogen-bond donors (Lipinski definition) is 1. The Hall–Kier alpha value is -1.71. The maximum Gasteiger partial charge on any atom is 0.261 e. The molecule has 1 atom stereocenters. The van der Waals surface area contributed by atoms with Crippen molar-refractivity contribution in [3.8, 4) is 18.1 Å². The van der Waals surface area contributed by atoms with E-state index in [-0.39, 0.29) is 17.3 Å². The van der Waals surface area contributed by atoms with Crippen LogP contribution in [0.4, 0.5) is 0 Å². The molecule has 7 heteroatoms. The summed E-state index contributed by atoms with van der Waals surface area (Å²) < 4.78 is 27.9. The van der Waals surface area contributed by atoms with Crippen molar-refractivity contribution in [1.29, 1.82) is 0 Å². The highest BCUT2D eigenvalue weighted by Crippen LogP contribution is 2.24. The number of aryl methyl sites for hydroxylation is 1. The number of benzene rings is 1. The first-order valence-electron chi connectivity index (χ1n) is 5.69. The number of halogens is 1. The molecular weight excluding hydrogens is 302 g/mol. The zero-order valence-corrected chi connectivity index (χ0v) is 12.6. The van der Waals surface area contributed by atoms with Gasteiger partial charge in [0.15, 0.2) is 6.10 Å². The highest BCUT2D eigenvalue weighted by Gasteiger charge is 2.17. The van der Waals surface area contributed by atoms with Crippen molar-refractivity contribution >= 4 is 25.6 Å². The lowest BCUT2D eigenvalue weighted by Gasteiger charge is -2.14. The van der Waals surface area contributed by atoms with Crippen molar-refractivity contribution in [2.45, 2.75) is 24.8 Å². The van der Waals surface area contributed by atoms with E-state index in [4.69, 9.17) is 21.8 Å². The second-order valence-corrected chi connectivity index (χ2v) is 6.58. The fourth-order valence-corrected chi connectivity index (χ4v) is 2.70. The van der Waals surface area contributed by atoms with Gasteiger partial charge < -0.3 is 10.1 Å². The molecule has 0 fully saturated rings. The zero-order valence-electron chi connectivity index (χ0n) is 11.0. The van der Waals surface area contributed by atoms with Gasteiger partial charge in [-0.15, -0.1) is 6.42 Å². The molecule has 1 aromatic rings. The average Bonchev–Trinajstić information content (AvgIpc) is 2.34. The fourth-order valence-electron chi connectivity index (χ4n) is 1.51. The first-order valence-corrected chi connectivity index (χ1v) is 7.99. The second kappa shape index (κ2) is 6.64. The van der Waals surface area contributed by atoms with Crippen molar-refractivity contribution in [1.82, 2.24) is 5.32 Å². The minimum absolute atomic E-state index is 0.0101. The predicted molar refractivity (Wildman–Crippen MR) is 76.2 cm³/mol. The smallest absolute Gasteiger partial charge is 0.261 e. The zero-order chi connectivity index (χ0) is 15.3. The van der Waals surface area contributed by atoms with Gasteiger partial charge in [0.25, 0.3) is 15.0 Å². The maximum atomic E-state index is 11.6. The molecule has 0 bridgehead atoms. The summed E-state index contributed by atoms with van der Waals surface area (Å²) in [4.78, 5) is 11.6. The molecule has 0 spiro atoms. The SMILES string of the molecule is C#CCNC(=O)C(C)Oc1ccc(S(=O)(=O)Cl)c(C)c1. The highest BCUT2D eigenvalue weighted by molar-refractivity contribution is 8.13. The van der Waals surface area contributed by atoms with Crippen LogP contribution in [0.1, 0.15) is 12.5 Å². The third-order valence-corrected chi connectivity index (χ3v) is 3.94. The van der Waals surface area contributed by atoms with Gasteiger partial charge in [-0.3, -0.25) is 4.79 Å². The van der Waals surface area contributed by atoms with Crippen LogP contribution in [-0.4, -0.2) is 27.0 Å². The van der Waals surface area contributed by atoms with Crippen LogP contribution in [-0.2, 0) is 13.8 Å². The minimum Gasteiger partial charge on any atom is -0.481 e. The second-order valence-electron chi connectivity index (χ2n) is 4.05. The molecule has 0 saturated carbocycles. The Morgan fingerprint density at radius 3 is 2.70 bits per heavy atom. The lowest BCUT2D eigenvalue weighted by molar-refractivity contribution is -0.127. The molecule has 0 aliphatic rings. The van der Waals surface area contributed by atoms with E-state index in [1.165, 1.54) is 18.2 Å². The Bertz CT molecular complexity index is 649. The minimum atomic E-state index is -3.79. The van der Waals surface area contributed by atoms with Gasteiger partial charge in [-0.2, -0.15) is 0 Å². The van der Waals surface area contributed by atoms with E-state index >= 15 is 0 Å². The maximum absolute atomic E-state index is 11.6. The molecule has 0 heterocycles. The first kappa shape index (κ1) is 16.3. The topological polar surface area (TPSA) is 72.5 Å². The van der Waals surface area contributed by atoms with E-state index in [9.17, 15) is 13.2 Å². The summed E-state index contributed by atoms with van der Waals surface area (Å²) in [6.07, 6.45) is 4.28. The van der Waals surface area contributed by atoms with Crippen molar-refractivity contribution in [2.75, 3.05) is 6.54 Å². The molecule has 0 aliphatic carbocycles. The molecule has 0 radical (unpaired) electrons. The van der Waals surface area contributed by atoms with Gasteiger partial charge in [0, 0.05) is 10.7 Å². The molecule has 1 N–H and O–H groups in total. The van der Waals surface area contributed by atoms with Crippen molar-refractivity contribution in [2.24, 2.45) is 0 Å². The number of carbonyl (C=O) groups excluding carboxylic acids is 1. The summed E-state index contributed by atoms with van der Waals surface area (Å²) in [5.74, 6) is 2.30. The molecule has 108 valence electrons. The Balaban J connectivity index is 2.83. The largest absolute Gasteiger partial charge is 0.481 e. The van der Waals surface area contributed by atoms with Gasteiger partial charge in [-0.1, -0.05) is 5.92 Å². The Morgan fingerprint density at radius 1 is 1.55 bits per heavy atom. The van der Waals surface area contributed by atoms with Gasteiger partial charge in [-0.25, -0.2) is 8.42 Å². The van der Waals surface area contributed by atoms with E-state index in [2.05, 4.69) is 11.2 Å². The van der Waals surface area contributed by atoms with Crippen molar-refractivity contribution < 1.29 is 17.9 Å². The number of carbonyl (C=O) groups is 1. The lowest BCUT2D eigenvalue weighted by atomic mass is 10.2. The number of amides is 1. The molecule has 0 saturated heterocycles. The van der Waals surface area contributed by atoms with Crippen LogP contribution in [0.25, 0.3) is 0 Å². The van der Waals surface area contributed by atoms with Crippen molar-refractivity contribution in [3.63, 3.8) is 0 Å². The van der Waals surface area contributed by atoms with Gasteiger partial charge in [0.05, 0.1) is 11.4 Å². The van der Waals surface area contributed by atoms with E-state index < -0.39 is 15.2 Å². The van der Waals surface area contributed by atoms with Crippen LogP contribution >= 0.6 is 10.7 Å². The third kappa shape index (κ3) is 4.44. The first-order chi connectivity index (χ1) is 9.25. The van der Waals surface area contributed by atoms with Crippen LogP contribution in [0.15, 0.2) is 23.1 Å². The third-order valence-electron chi connectivity index (χ3n) is 2.46. The Kier molecular flexibility index (Phi) is 5.43. The van der Waals surface area contributed by atoms with E-state index in [1.54, 1.807) is 13.8 Å². The summed E-state index contributed by atoms with van der Waals surface area (Å²) in [5, 5.41) is 2.49. The summed E-state index contributed by atoms with van der Waals surface area (Å²) in [6, 6.07) is 4.27. The Morgan fingerprint density at radius 2 is 2.20 bits per heavy atom. The number of nitrogens with one attached hydrogen (secondary N) is 1. The highest BCUT2D eigenvalue weighted by atomic mass is 35.7. The van der Waals surface area contributed by atoms with Gasteiger partial charge in [0.1, 0.15) is 5.75 Å². The average molecular weight is 316 g/mol. The van der Waals surface area contributed by atoms with E-state index in [1.807, 2.05) is 0 Å². The molecule has 1 rings (SSSR count). The molecule has 1 unspecified atom stereocenters. The monoisotopic (exact) mass is 315 g/mol. The summed E-state index contributed by atoms with van der Waals surface area (Å²) in [5.41, 5.74) is 0.439. The van der Waals surface area contributed by atoms with E-state index in [0.717, 1.165) is 0 Å². The molecule has 1 aromatic carbocycles. The molecule has 1 amide bonds. The van der Waals surface area contributed by atoms with Crippen LogP contribution < -0.4 is 10.1 Å². The van der Waals surface area contributed by atoms with Crippen molar-refractivity contribution in [3.05, 3.63) is 23.8 Å². The standard InChI is InChI=1S/C13H14ClNO4S/c1-4-7-15-13(16)10(3)19-11-5-6-12(9(2)8-11)20(14,17)18/h1,5-6,8,10H,7H2,2-3H3,(H,15,16). The number of hydrogen-bond acceptors (Lipinski definition) is 4. The van der Waals surface area contributed by atoms with Gasteiger partial charge >= 0.3 is 0 Å². The molecule has 20 heavy (non-hydrogen) atoms. The summed E-state index contributed by atoms with van der Waals surface area (Å²) in [6.45, 7) is 3.27. The molecule has 5 nitrogen and oxygen atoms in total. The summed E-state index contributed by atoms with van der Waals surface area (Å²) >= 11 is 0. The van der Waals surface area contributed by atoms with Crippen LogP contribution in [0.2, 0.25) is 0 Å². The fraction of sp³-hybridized carbons (Fsp3) is 0.308. The predicted octanol–water partition coefficient (Wildman–Crippen LogP) is 1.44. The lowest BCUT2D eigenvalue weighted by Crippen LogP contribution is -2.36. The molecule has 0 aliphatic heterocycles. The van der Waals surface area contributed by atoms with Crippen LogP contribution in [0, 0.1) is 19.3 Å².